The van der Waals surface area contributed by atoms with Gasteiger partial charge in [-0.25, -0.2) is 4.79 Å². The molecule has 22 heavy (non-hydrogen) atoms. The fourth-order valence-electron chi connectivity index (χ4n) is 3.42. The summed E-state index contributed by atoms with van der Waals surface area (Å²) < 4.78 is 6.08. The van der Waals surface area contributed by atoms with Crippen LogP contribution in [0.1, 0.15) is 25.7 Å². The van der Waals surface area contributed by atoms with E-state index in [1.54, 1.807) is 6.20 Å². The van der Waals surface area contributed by atoms with Gasteiger partial charge in [-0.1, -0.05) is 0 Å². The summed E-state index contributed by atoms with van der Waals surface area (Å²) in [5, 5.41) is 6.53. The van der Waals surface area contributed by atoms with Crippen LogP contribution >= 0.6 is 0 Å². The Morgan fingerprint density at radius 1 is 1.41 bits per heavy atom. The Morgan fingerprint density at radius 2 is 2.32 bits per heavy atom. The first-order chi connectivity index (χ1) is 10.7. The summed E-state index contributed by atoms with van der Waals surface area (Å²) in [5.74, 6) is 0. The molecule has 0 unspecified atom stereocenters. The number of carbonyl (C=O) groups is 1. The predicted molar refractivity (Wildman–Crippen MR) is 82.7 cm³/mol. The van der Waals surface area contributed by atoms with E-state index in [0.717, 1.165) is 37.9 Å². The Morgan fingerprint density at radius 3 is 3.09 bits per heavy atom. The highest BCUT2D eigenvalue weighted by Gasteiger charge is 2.47. The van der Waals surface area contributed by atoms with Crippen molar-refractivity contribution >= 4 is 11.7 Å². The van der Waals surface area contributed by atoms with Gasteiger partial charge in [-0.15, -0.1) is 0 Å². The van der Waals surface area contributed by atoms with Crippen LogP contribution in [-0.4, -0.2) is 53.3 Å². The largest absolute Gasteiger partial charge is 0.379 e. The molecule has 0 radical (unpaired) electrons. The van der Waals surface area contributed by atoms with Crippen LogP contribution < -0.4 is 10.6 Å². The maximum Gasteiger partial charge on any atom is 0.317 e. The number of anilines is 1. The standard InChI is InChI=1S/C16H22N4O2/c21-15(19-12-3-4-12)20-7-5-16(11-20)8-14(10-22-16)18-13-2-1-6-17-9-13/h1-2,6,9,12,14,18H,3-5,7-8,10-11H2,(H,19,21)/t14-,16+/m0/s1. The highest BCUT2D eigenvalue weighted by atomic mass is 16.5. The molecule has 2 N–H and O–H groups in total. The third-order valence-electron chi connectivity index (χ3n) is 4.75. The van der Waals surface area contributed by atoms with Gasteiger partial charge in [0.05, 0.1) is 30.5 Å². The molecule has 1 aliphatic carbocycles. The summed E-state index contributed by atoms with van der Waals surface area (Å²) in [4.78, 5) is 18.2. The quantitative estimate of drug-likeness (QED) is 0.890. The van der Waals surface area contributed by atoms with Crippen molar-refractivity contribution in [3.63, 3.8) is 0 Å². The molecule has 3 fully saturated rings. The van der Waals surface area contributed by atoms with Crippen molar-refractivity contribution in [3.8, 4) is 0 Å². The molecule has 0 aromatic carbocycles. The first-order valence-electron chi connectivity index (χ1n) is 8.08. The van der Waals surface area contributed by atoms with E-state index in [2.05, 4.69) is 15.6 Å². The van der Waals surface area contributed by atoms with Crippen LogP contribution in [0.4, 0.5) is 10.5 Å². The Bertz CT molecular complexity index is 548. The van der Waals surface area contributed by atoms with Crippen molar-refractivity contribution < 1.29 is 9.53 Å². The van der Waals surface area contributed by atoms with Crippen LogP contribution in [0.25, 0.3) is 0 Å². The van der Waals surface area contributed by atoms with Crippen molar-refractivity contribution in [3.05, 3.63) is 24.5 Å². The Labute approximate surface area is 130 Å². The number of nitrogens with zero attached hydrogens (tertiary/aromatic N) is 2. The number of ether oxygens (including phenoxy) is 1. The summed E-state index contributed by atoms with van der Waals surface area (Å²) in [6.07, 6.45) is 7.71. The average Bonchev–Trinajstić information content (AvgIpc) is 3.11. The lowest BCUT2D eigenvalue weighted by atomic mass is 9.97. The molecule has 1 saturated carbocycles. The summed E-state index contributed by atoms with van der Waals surface area (Å²) in [5.41, 5.74) is 0.857. The van der Waals surface area contributed by atoms with Gasteiger partial charge in [-0.05, 0) is 31.4 Å². The van der Waals surface area contributed by atoms with Crippen molar-refractivity contribution in [2.24, 2.45) is 0 Å². The smallest absolute Gasteiger partial charge is 0.317 e. The molecule has 1 aromatic heterocycles. The number of nitrogens with one attached hydrogen (secondary N) is 2. The molecular formula is C16H22N4O2. The Kier molecular flexibility index (Phi) is 3.41. The van der Waals surface area contributed by atoms with Crippen molar-refractivity contribution in [1.82, 2.24) is 15.2 Å². The molecular weight excluding hydrogens is 280 g/mol. The van der Waals surface area contributed by atoms with E-state index in [0.29, 0.717) is 19.2 Å². The second-order valence-corrected chi connectivity index (χ2v) is 6.68. The van der Waals surface area contributed by atoms with Crippen LogP contribution in [0.3, 0.4) is 0 Å². The highest BCUT2D eigenvalue weighted by molar-refractivity contribution is 5.75. The Balaban J connectivity index is 1.33. The molecule has 3 heterocycles. The number of rotatable bonds is 3. The average molecular weight is 302 g/mol. The minimum absolute atomic E-state index is 0.0756. The number of urea groups is 1. The van der Waals surface area contributed by atoms with Gasteiger partial charge in [0.2, 0.25) is 0 Å². The molecule has 6 nitrogen and oxygen atoms in total. The minimum atomic E-state index is -0.166. The summed E-state index contributed by atoms with van der Waals surface area (Å²) in [6, 6.07) is 4.71. The SMILES string of the molecule is O=C(NC1CC1)N1CC[C@@]2(C[C@H](Nc3cccnc3)CO2)C1. The van der Waals surface area contributed by atoms with E-state index in [4.69, 9.17) is 4.74 Å². The second-order valence-electron chi connectivity index (χ2n) is 6.68. The fourth-order valence-corrected chi connectivity index (χ4v) is 3.42. The molecule has 3 aliphatic rings. The maximum atomic E-state index is 12.1. The number of amides is 2. The summed E-state index contributed by atoms with van der Waals surface area (Å²) in [7, 11) is 0. The number of pyridine rings is 1. The molecule has 4 rings (SSSR count). The van der Waals surface area contributed by atoms with Gasteiger partial charge in [-0.3, -0.25) is 4.98 Å². The topological polar surface area (TPSA) is 66.5 Å². The molecule has 2 saturated heterocycles. The zero-order valence-corrected chi connectivity index (χ0v) is 12.6. The highest BCUT2D eigenvalue weighted by Crippen LogP contribution is 2.36. The molecule has 2 aliphatic heterocycles. The van der Waals surface area contributed by atoms with Crippen molar-refractivity contribution in [2.75, 3.05) is 25.0 Å². The van der Waals surface area contributed by atoms with Crippen LogP contribution in [-0.2, 0) is 4.74 Å². The predicted octanol–water partition coefficient (Wildman–Crippen LogP) is 1.60. The molecule has 118 valence electrons. The molecule has 2 atom stereocenters. The first kappa shape index (κ1) is 13.8. The first-order valence-corrected chi connectivity index (χ1v) is 8.08. The molecule has 1 spiro atoms. The molecule has 6 heteroatoms. The maximum absolute atomic E-state index is 12.1. The van der Waals surface area contributed by atoms with Gasteiger partial charge >= 0.3 is 6.03 Å². The number of carbonyl (C=O) groups excluding carboxylic acids is 1. The minimum Gasteiger partial charge on any atom is -0.379 e. The number of hydrogen-bond acceptors (Lipinski definition) is 4. The van der Waals surface area contributed by atoms with Crippen LogP contribution in [0.5, 0.6) is 0 Å². The molecule has 0 bridgehead atoms. The van der Waals surface area contributed by atoms with Gasteiger partial charge in [0.25, 0.3) is 0 Å². The number of likely N-dealkylation sites (tertiary alicyclic amines) is 1. The van der Waals surface area contributed by atoms with Crippen molar-refractivity contribution in [1.29, 1.82) is 0 Å². The number of aromatic nitrogens is 1. The summed E-state index contributed by atoms with van der Waals surface area (Å²) in [6.45, 7) is 2.18. The van der Waals surface area contributed by atoms with Gasteiger partial charge < -0.3 is 20.3 Å². The lowest BCUT2D eigenvalue weighted by Crippen LogP contribution is -2.42. The van der Waals surface area contributed by atoms with Gasteiger partial charge in [0.1, 0.15) is 0 Å². The number of hydrogen-bond donors (Lipinski definition) is 2. The van der Waals surface area contributed by atoms with Crippen LogP contribution in [0.15, 0.2) is 24.5 Å². The normalized spacial score (nSPS) is 30.7. The Hall–Kier alpha value is -1.82. The second kappa shape index (κ2) is 5.43. The zero-order chi connectivity index (χ0) is 15.0. The van der Waals surface area contributed by atoms with E-state index >= 15 is 0 Å². The van der Waals surface area contributed by atoms with Gasteiger partial charge in [0.15, 0.2) is 0 Å². The van der Waals surface area contributed by atoms with Gasteiger partial charge in [0, 0.05) is 31.4 Å². The lowest BCUT2D eigenvalue weighted by Gasteiger charge is -2.23. The van der Waals surface area contributed by atoms with Crippen LogP contribution in [0.2, 0.25) is 0 Å². The third kappa shape index (κ3) is 2.88. The third-order valence-corrected chi connectivity index (χ3v) is 4.75. The van der Waals surface area contributed by atoms with Crippen LogP contribution in [0, 0.1) is 0 Å². The lowest BCUT2D eigenvalue weighted by molar-refractivity contribution is 0.0150. The van der Waals surface area contributed by atoms with Crippen molar-refractivity contribution in [2.45, 2.75) is 43.4 Å². The molecule has 1 aromatic rings. The van der Waals surface area contributed by atoms with E-state index in [-0.39, 0.29) is 17.7 Å². The summed E-state index contributed by atoms with van der Waals surface area (Å²) >= 11 is 0. The zero-order valence-electron chi connectivity index (χ0n) is 12.6. The van der Waals surface area contributed by atoms with E-state index in [1.807, 2.05) is 23.2 Å². The monoisotopic (exact) mass is 302 g/mol. The van der Waals surface area contributed by atoms with E-state index < -0.39 is 0 Å². The van der Waals surface area contributed by atoms with E-state index in [9.17, 15) is 4.79 Å². The van der Waals surface area contributed by atoms with E-state index in [1.165, 1.54) is 0 Å². The molecule has 2 amide bonds. The fraction of sp³-hybridized carbons (Fsp3) is 0.625. The van der Waals surface area contributed by atoms with Gasteiger partial charge in [-0.2, -0.15) is 0 Å².